The van der Waals surface area contributed by atoms with E-state index in [-0.39, 0.29) is 11.5 Å². The standard InChI is InChI=1S/C23H30N6O2/c1-23(2,3)22(31)27-17-7-10-24-12-15(17)13-29-11-8-18-16(14-29)21(30)28-20(26-18)19-6-4-5-9-25-19/h7,10,12H,4-6,8-9,11,13-14H2,1-3H3,(H,24,27,31)(H,26,28,30). The summed E-state index contributed by atoms with van der Waals surface area (Å²) in [6.07, 6.45) is 7.23. The van der Waals surface area contributed by atoms with Crippen LogP contribution in [0.3, 0.4) is 0 Å². The van der Waals surface area contributed by atoms with Gasteiger partial charge in [0.1, 0.15) is 0 Å². The number of H-pyrrole nitrogens is 1. The zero-order valence-electron chi connectivity index (χ0n) is 18.5. The van der Waals surface area contributed by atoms with Gasteiger partial charge in [-0.15, -0.1) is 0 Å². The molecule has 2 aliphatic rings. The highest BCUT2D eigenvalue weighted by molar-refractivity contribution is 5.97. The maximum absolute atomic E-state index is 12.8. The minimum absolute atomic E-state index is 0.0391. The Balaban J connectivity index is 1.51. The summed E-state index contributed by atoms with van der Waals surface area (Å²) in [5, 5.41) is 3.02. The Labute approximate surface area is 182 Å². The summed E-state index contributed by atoms with van der Waals surface area (Å²) in [5.74, 6) is 0.596. The minimum atomic E-state index is -0.482. The molecule has 1 amide bonds. The lowest BCUT2D eigenvalue weighted by atomic mass is 9.95. The van der Waals surface area contributed by atoms with Crippen molar-refractivity contribution in [2.75, 3.05) is 18.4 Å². The van der Waals surface area contributed by atoms with Gasteiger partial charge in [0.25, 0.3) is 5.56 Å². The van der Waals surface area contributed by atoms with Gasteiger partial charge in [0.15, 0.2) is 5.82 Å². The smallest absolute Gasteiger partial charge is 0.255 e. The van der Waals surface area contributed by atoms with Gasteiger partial charge in [-0.25, -0.2) is 4.98 Å². The summed E-state index contributed by atoms with van der Waals surface area (Å²) in [5.41, 5.74) is 3.64. The van der Waals surface area contributed by atoms with E-state index in [1.807, 2.05) is 26.8 Å². The third kappa shape index (κ3) is 4.90. The van der Waals surface area contributed by atoms with Gasteiger partial charge in [0.05, 0.1) is 17.0 Å². The Kier molecular flexibility index (Phi) is 6.00. The molecule has 2 aliphatic heterocycles. The molecule has 0 aromatic carbocycles. The zero-order valence-corrected chi connectivity index (χ0v) is 18.5. The van der Waals surface area contributed by atoms with Crippen LogP contribution in [-0.4, -0.2) is 44.6 Å². The maximum atomic E-state index is 12.8. The topological polar surface area (TPSA) is 103 Å². The summed E-state index contributed by atoms with van der Waals surface area (Å²) in [7, 11) is 0. The molecule has 0 saturated carbocycles. The van der Waals surface area contributed by atoms with Gasteiger partial charge in [0.2, 0.25) is 5.91 Å². The second-order valence-corrected chi connectivity index (χ2v) is 9.32. The van der Waals surface area contributed by atoms with Gasteiger partial charge < -0.3 is 10.3 Å². The monoisotopic (exact) mass is 422 g/mol. The normalized spacial score (nSPS) is 17.1. The second kappa shape index (κ2) is 8.70. The lowest BCUT2D eigenvalue weighted by Gasteiger charge is -2.28. The van der Waals surface area contributed by atoms with Crippen molar-refractivity contribution in [1.82, 2.24) is 19.9 Å². The van der Waals surface area contributed by atoms with Crippen LogP contribution in [0.15, 0.2) is 28.2 Å². The third-order valence-corrected chi connectivity index (χ3v) is 5.77. The second-order valence-electron chi connectivity index (χ2n) is 9.32. The molecule has 0 radical (unpaired) electrons. The quantitative estimate of drug-likeness (QED) is 0.788. The maximum Gasteiger partial charge on any atom is 0.255 e. The first-order chi connectivity index (χ1) is 14.8. The number of amides is 1. The number of hydrogen-bond donors (Lipinski definition) is 2. The highest BCUT2D eigenvalue weighted by Gasteiger charge is 2.25. The van der Waals surface area contributed by atoms with Gasteiger partial charge in [-0.3, -0.25) is 24.5 Å². The average Bonchev–Trinajstić information content (AvgIpc) is 2.75. The average molecular weight is 423 g/mol. The summed E-state index contributed by atoms with van der Waals surface area (Å²) >= 11 is 0. The van der Waals surface area contributed by atoms with Crippen LogP contribution in [0.1, 0.15) is 62.7 Å². The molecule has 0 saturated heterocycles. The largest absolute Gasteiger partial charge is 0.325 e. The van der Waals surface area contributed by atoms with Crippen molar-refractivity contribution in [1.29, 1.82) is 0 Å². The lowest BCUT2D eigenvalue weighted by Crippen LogP contribution is -2.36. The highest BCUT2D eigenvalue weighted by Crippen LogP contribution is 2.23. The van der Waals surface area contributed by atoms with E-state index in [9.17, 15) is 9.59 Å². The number of carbonyl (C=O) groups is 1. The number of anilines is 1. The van der Waals surface area contributed by atoms with Crippen molar-refractivity contribution in [2.24, 2.45) is 10.4 Å². The summed E-state index contributed by atoms with van der Waals surface area (Å²) in [4.78, 5) is 43.9. The lowest BCUT2D eigenvalue weighted by molar-refractivity contribution is -0.123. The van der Waals surface area contributed by atoms with Crippen LogP contribution >= 0.6 is 0 Å². The number of nitrogens with one attached hydrogen (secondary N) is 2. The molecule has 0 fully saturated rings. The van der Waals surface area contributed by atoms with Gasteiger partial charge in [-0.2, -0.15) is 0 Å². The Morgan fingerprint density at radius 3 is 2.84 bits per heavy atom. The molecule has 164 valence electrons. The molecule has 0 aliphatic carbocycles. The van der Waals surface area contributed by atoms with Crippen molar-refractivity contribution in [3.63, 3.8) is 0 Å². The van der Waals surface area contributed by atoms with Crippen molar-refractivity contribution in [3.05, 3.63) is 51.5 Å². The van der Waals surface area contributed by atoms with Gasteiger partial charge in [0, 0.05) is 61.7 Å². The Bertz CT molecular complexity index is 1070. The zero-order chi connectivity index (χ0) is 22.0. The Morgan fingerprint density at radius 2 is 2.10 bits per heavy atom. The molecule has 2 aromatic rings. The molecule has 4 rings (SSSR count). The molecular weight excluding hydrogens is 392 g/mol. The van der Waals surface area contributed by atoms with E-state index in [1.54, 1.807) is 12.4 Å². The molecule has 2 N–H and O–H groups in total. The molecule has 31 heavy (non-hydrogen) atoms. The fourth-order valence-corrected chi connectivity index (χ4v) is 3.87. The van der Waals surface area contributed by atoms with Crippen LogP contribution in [0.25, 0.3) is 0 Å². The fourth-order valence-electron chi connectivity index (χ4n) is 3.87. The van der Waals surface area contributed by atoms with Gasteiger partial charge in [-0.1, -0.05) is 20.8 Å². The highest BCUT2D eigenvalue weighted by atomic mass is 16.2. The molecule has 2 aromatic heterocycles. The molecule has 8 nitrogen and oxygen atoms in total. The van der Waals surface area contributed by atoms with Crippen LogP contribution in [0.5, 0.6) is 0 Å². The van der Waals surface area contributed by atoms with Crippen molar-refractivity contribution in [2.45, 2.75) is 59.5 Å². The molecular formula is C23H30N6O2. The van der Waals surface area contributed by atoms with Crippen LogP contribution in [-0.2, 0) is 24.3 Å². The molecule has 4 heterocycles. The number of hydrogen-bond acceptors (Lipinski definition) is 6. The molecule has 0 unspecified atom stereocenters. The first-order valence-electron chi connectivity index (χ1n) is 10.9. The predicted molar refractivity (Wildman–Crippen MR) is 120 cm³/mol. The number of rotatable bonds is 4. The van der Waals surface area contributed by atoms with E-state index >= 15 is 0 Å². The van der Waals surface area contributed by atoms with Gasteiger partial charge in [-0.05, 0) is 25.3 Å². The van der Waals surface area contributed by atoms with Crippen molar-refractivity contribution < 1.29 is 4.79 Å². The molecule has 0 bridgehead atoms. The van der Waals surface area contributed by atoms with Crippen LogP contribution in [0, 0.1) is 5.41 Å². The number of nitrogens with zero attached hydrogens (tertiary/aromatic N) is 4. The fraction of sp³-hybridized carbons (Fsp3) is 0.522. The summed E-state index contributed by atoms with van der Waals surface area (Å²) in [6.45, 7) is 8.37. The first kappa shape index (κ1) is 21.4. The summed E-state index contributed by atoms with van der Waals surface area (Å²) < 4.78 is 0. The van der Waals surface area contributed by atoms with Crippen LogP contribution < -0.4 is 10.9 Å². The first-order valence-corrected chi connectivity index (χ1v) is 10.9. The van der Waals surface area contributed by atoms with E-state index in [0.717, 1.165) is 60.6 Å². The van der Waals surface area contributed by atoms with Crippen LogP contribution in [0.4, 0.5) is 5.69 Å². The molecule has 0 spiro atoms. The number of pyridine rings is 1. The number of aromatic amines is 1. The van der Waals surface area contributed by atoms with E-state index in [1.165, 1.54) is 0 Å². The SMILES string of the molecule is CC(C)(C)C(=O)Nc1ccncc1CN1CCc2nc(C3=NCCCC3)[nH]c(=O)c2C1. The molecule has 8 heteroatoms. The number of fused-ring (bicyclic) bond motifs is 1. The number of aliphatic imine (C=N–C) groups is 1. The summed E-state index contributed by atoms with van der Waals surface area (Å²) in [6, 6.07) is 1.82. The Morgan fingerprint density at radius 1 is 1.26 bits per heavy atom. The van der Waals surface area contributed by atoms with E-state index < -0.39 is 5.41 Å². The third-order valence-electron chi connectivity index (χ3n) is 5.77. The van der Waals surface area contributed by atoms with Gasteiger partial charge >= 0.3 is 0 Å². The predicted octanol–water partition coefficient (Wildman–Crippen LogP) is 2.68. The number of aromatic nitrogens is 3. The van der Waals surface area contributed by atoms with E-state index in [0.29, 0.717) is 25.3 Å². The van der Waals surface area contributed by atoms with Crippen molar-refractivity contribution in [3.8, 4) is 0 Å². The van der Waals surface area contributed by atoms with E-state index in [2.05, 4.69) is 25.2 Å². The van der Waals surface area contributed by atoms with E-state index in [4.69, 9.17) is 4.98 Å². The van der Waals surface area contributed by atoms with Crippen molar-refractivity contribution >= 4 is 17.3 Å². The minimum Gasteiger partial charge on any atom is -0.325 e. The Hall–Kier alpha value is -2.87. The number of carbonyl (C=O) groups excluding carboxylic acids is 1. The molecule has 0 atom stereocenters. The van der Waals surface area contributed by atoms with Crippen LogP contribution in [0.2, 0.25) is 0 Å².